The molecule has 2 saturated carbocycles. The molecule has 0 aromatic rings. The first-order valence-electron chi connectivity index (χ1n) is 9.15. The lowest BCUT2D eigenvalue weighted by atomic mass is 9.46. The van der Waals surface area contributed by atoms with E-state index in [0.29, 0.717) is 19.4 Å². The number of hydrogen-bond donors (Lipinski definition) is 2. The highest BCUT2D eigenvalue weighted by molar-refractivity contribution is 5.90. The van der Waals surface area contributed by atoms with Gasteiger partial charge in [-0.2, -0.15) is 0 Å². The van der Waals surface area contributed by atoms with E-state index in [1.807, 2.05) is 13.0 Å². The van der Waals surface area contributed by atoms with Crippen LogP contribution in [0.3, 0.4) is 0 Å². The number of aliphatic hydroxyl groups is 2. The fourth-order valence-electron chi connectivity index (χ4n) is 5.53. The minimum atomic E-state index is -0.453. The van der Waals surface area contributed by atoms with E-state index in [4.69, 9.17) is 4.74 Å². The molecule has 5 atom stereocenters. The van der Waals surface area contributed by atoms with Crippen LogP contribution in [0.2, 0.25) is 0 Å². The van der Waals surface area contributed by atoms with Crippen LogP contribution in [-0.4, -0.2) is 35.5 Å². The van der Waals surface area contributed by atoms with Gasteiger partial charge in [0, 0.05) is 17.4 Å². The highest BCUT2D eigenvalue weighted by atomic mass is 16.5. The molecule has 4 nitrogen and oxygen atoms in total. The fraction of sp³-hybridized carbons (Fsp3) is 0.750. The van der Waals surface area contributed by atoms with E-state index in [1.165, 1.54) is 5.57 Å². The summed E-state index contributed by atoms with van der Waals surface area (Å²) in [6.45, 7) is 9.14. The monoisotopic (exact) mass is 334 g/mol. The van der Waals surface area contributed by atoms with Crippen LogP contribution in [0.25, 0.3) is 0 Å². The molecule has 3 fully saturated rings. The first-order chi connectivity index (χ1) is 11.3. The number of ether oxygens (including phenoxy) is 1. The molecule has 0 bridgehead atoms. The van der Waals surface area contributed by atoms with E-state index < -0.39 is 11.5 Å². The van der Waals surface area contributed by atoms with Gasteiger partial charge in [-0.15, -0.1) is 0 Å². The Labute approximate surface area is 144 Å². The number of esters is 1. The van der Waals surface area contributed by atoms with Crippen LogP contribution in [0, 0.1) is 22.7 Å². The second kappa shape index (κ2) is 6.30. The molecule has 4 heteroatoms. The summed E-state index contributed by atoms with van der Waals surface area (Å²) < 4.78 is 5.03. The van der Waals surface area contributed by atoms with E-state index >= 15 is 0 Å². The topological polar surface area (TPSA) is 66.8 Å². The van der Waals surface area contributed by atoms with Gasteiger partial charge in [-0.25, -0.2) is 4.79 Å². The van der Waals surface area contributed by atoms with Crippen LogP contribution in [0.5, 0.6) is 0 Å². The molecule has 1 saturated heterocycles. The zero-order chi connectivity index (χ0) is 17.5. The minimum absolute atomic E-state index is 0.00557. The molecular formula is C20H30O4. The third-order valence-electron chi connectivity index (χ3n) is 7.16. The summed E-state index contributed by atoms with van der Waals surface area (Å²) in [6, 6.07) is 0. The largest absolute Gasteiger partial charge is 0.462 e. The predicted octanol–water partition coefficient (Wildman–Crippen LogP) is 2.99. The van der Waals surface area contributed by atoms with Crippen molar-refractivity contribution in [2.75, 3.05) is 13.2 Å². The summed E-state index contributed by atoms with van der Waals surface area (Å²) in [5, 5.41) is 20.5. The summed E-state index contributed by atoms with van der Waals surface area (Å²) in [4.78, 5) is 11.7. The van der Waals surface area contributed by atoms with Crippen molar-refractivity contribution in [2.24, 2.45) is 22.7 Å². The third kappa shape index (κ3) is 2.64. The Kier molecular flexibility index (Phi) is 4.65. The van der Waals surface area contributed by atoms with Crippen molar-refractivity contribution >= 4 is 5.97 Å². The number of fused-ring (bicyclic) bond motifs is 1. The van der Waals surface area contributed by atoms with Gasteiger partial charge in [0.1, 0.15) is 0 Å². The molecule has 0 radical (unpaired) electrons. The van der Waals surface area contributed by atoms with Gasteiger partial charge in [-0.05, 0) is 49.4 Å². The predicted molar refractivity (Wildman–Crippen MR) is 92.2 cm³/mol. The summed E-state index contributed by atoms with van der Waals surface area (Å²) >= 11 is 0. The van der Waals surface area contributed by atoms with Gasteiger partial charge >= 0.3 is 5.97 Å². The molecular weight excluding hydrogens is 304 g/mol. The Bertz CT molecular complexity index is 566. The van der Waals surface area contributed by atoms with Crippen molar-refractivity contribution in [2.45, 2.75) is 58.5 Å². The normalized spacial score (nSPS) is 44.5. The summed E-state index contributed by atoms with van der Waals surface area (Å²) in [5.41, 5.74) is 1.58. The van der Waals surface area contributed by atoms with Crippen LogP contribution >= 0.6 is 0 Å². The fourth-order valence-corrected chi connectivity index (χ4v) is 5.53. The van der Waals surface area contributed by atoms with Gasteiger partial charge in [0.05, 0.1) is 19.3 Å². The smallest absolute Gasteiger partial charge is 0.333 e. The van der Waals surface area contributed by atoms with E-state index in [0.717, 1.165) is 31.3 Å². The van der Waals surface area contributed by atoms with Gasteiger partial charge in [0.2, 0.25) is 0 Å². The van der Waals surface area contributed by atoms with Gasteiger partial charge in [0.25, 0.3) is 0 Å². The number of carbonyl (C=O) groups excluding carboxylic acids is 1. The molecule has 5 unspecified atom stereocenters. The molecule has 3 rings (SSSR count). The minimum Gasteiger partial charge on any atom is -0.462 e. The van der Waals surface area contributed by atoms with Crippen molar-refractivity contribution in [3.8, 4) is 0 Å². The van der Waals surface area contributed by atoms with E-state index in [-0.39, 0.29) is 29.8 Å². The third-order valence-corrected chi connectivity index (χ3v) is 7.16. The Hall–Kier alpha value is -1.13. The molecule has 0 aromatic carbocycles. The van der Waals surface area contributed by atoms with E-state index in [9.17, 15) is 15.0 Å². The average molecular weight is 334 g/mol. The van der Waals surface area contributed by atoms with E-state index in [1.54, 1.807) is 0 Å². The molecule has 134 valence electrons. The van der Waals surface area contributed by atoms with Crippen LogP contribution in [0.15, 0.2) is 23.8 Å². The molecule has 0 amide bonds. The van der Waals surface area contributed by atoms with Gasteiger partial charge in [-0.1, -0.05) is 32.1 Å². The lowest BCUT2D eigenvalue weighted by Crippen LogP contribution is -2.57. The summed E-state index contributed by atoms with van der Waals surface area (Å²) in [5.74, 6) is 0.371. The first-order valence-corrected chi connectivity index (χ1v) is 9.15. The standard InChI is InChI=1S/C20H30O4/c1-13-4-7-16-19(2,10-8-17(22)20(16,3)12-21)15(13)6-5-14-9-11-24-18(14)23/h5,15-17,21-22H,1,4,6-12H2,2-3H3/b14-5-. The first kappa shape index (κ1) is 17.7. The Balaban J connectivity index is 1.88. The molecule has 1 heterocycles. The van der Waals surface area contributed by atoms with Crippen LogP contribution < -0.4 is 0 Å². The van der Waals surface area contributed by atoms with Gasteiger partial charge in [0.15, 0.2) is 0 Å². The second-order valence-electron chi connectivity index (χ2n) is 8.38. The molecule has 2 N–H and O–H groups in total. The second-order valence-corrected chi connectivity index (χ2v) is 8.38. The quantitative estimate of drug-likeness (QED) is 0.473. The van der Waals surface area contributed by atoms with Crippen molar-refractivity contribution < 1.29 is 19.7 Å². The number of hydrogen-bond acceptors (Lipinski definition) is 4. The maximum absolute atomic E-state index is 11.7. The van der Waals surface area contributed by atoms with Crippen LogP contribution in [0.4, 0.5) is 0 Å². The van der Waals surface area contributed by atoms with Crippen molar-refractivity contribution in [1.82, 2.24) is 0 Å². The summed E-state index contributed by atoms with van der Waals surface area (Å²) in [6.07, 6.45) is 6.65. The van der Waals surface area contributed by atoms with Crippen molar-refractivity contribution in [3.63, 3.8) is 0 Å². The SMILES string of the molecule is C=C1CCC2C(C)(CO)C(O)CCC2(C)C1C/C=C1/CCOC1=O. The number of rotatable bonds is 3. The van der Waals surface area contributed by atoms with Crippen molar-refractivity contribution in [3.05, 3.63) is 23.8 Å². The van der Waals surface area contributed by atoms with Gasteiger partial charge < -0.3 is 14.9 Å². The number of aliphatic hydroxyl groups excluding tert-OH is 2. The number of cyclic esters (lactones) is 1. The number of carbonyl (C=O) groups is 1. The van der Waals surface area contributed by atoms with Crippen molar-refractivity contribution in [1.29, 1.82) is 0 Å². The highest BCUT2D eigenvalue weighted by Crippen LogP contribution is 2.61. The Morgan fingerprint density at radius 3 is 2.71 bits per heavy atom. The zero-order valence-electron chi connectivity index (χ0n) is 14.9. The molecule has 3 aliphatic rings. The zero-order valence-corrected chi connectivity index (χ0v) is 14.9. The lowest BCUT2D eigenvalue weighted by molar-refractivity contribution is -0.151. The highest BCUT2D eigenvalue weighted by Gasteiger charge is 2.57. The van der Waals surface area contributed by atoms with E-state index in [2.05, 4.69) is 13.5 Å². The lowest BCUT2D eigenvalue weighted by Gasteiger charge is -2.59. The molecule has 2 aliphatic carbocycles. The summed E-state index contributed by atoms with van der Waals surface area (Å²) in [7, 11) is 0. The van der Waals surface area contributed by atoms with Crippen LogP contribution in [0.1, 0.15) is 52.4 Å². The maximum Gasteiger partial charge on any atom is 0.333 e. The Morgan fingerprint density at radius 1 is 1.33 bits per heavy atom. The average Bonchev–Trinajstić information content (AvgIpc) is 2.96. The molecule has 24 heavy (non-hydrogen) atoms. The molecule has 0 aromatic heterocycles. The molecule has 1 aliphatic heterocycles. The molecule has 0 spiro atoms. The maximum atomic E-state index is 11.7. The number of allylic oxidation sites excluding steroid dienone is 2. The Morgan fingerprint density at radius 2 is 2.08 bits per heavy atom. The van der Waals surface area contributed by atoms with Gasteiger partial charge in [-0.3, -0.25) is 0 Å². The van der Waals surface area contributed by atoms with Crippen LogP contribution in [-0.2, 0) is 9.53 Å².